The number of hydrogen-bond donors (Lipinski definition) is 1. The molecule has 1 fully saturated rings. The van der Waals surface area contributed by atoms with Gasteiger partial charge in [0.25, 0.3) is 0 Å². The fraction of sp³-hybridized carbons (Fsp3) is 0.333. The number of amides is 3. The normalized spacial score (nSPS) is 13.6. The average Bonchev–Trinajstić information content (AvgIpc) is 3.12. The van der Waals surface area contributed by atoms with Gasteiger partial charge in [0.05, 0.1) is 12.8 Å². The molecule has 0 bridgehead atoms. The molecule has 1 aliphatic heterocycles. The van der Waals surface area contributed by atoms with Gasteiger partial charge in [-0.2, -0.15) is 0 Å². The summed E-state index contributed by atoms with van der Waals surface area (Å²) in [5, 5.41) is 2.90. The van der Waals surface area contributed by atoms with Crippen LogP contribution in [0.3, 0.4) is 0 Å². The van der Waals surface area contributed by atoms with Crippen molar-refractivity contribution in [3.8, 4) is 5.75 Å². The predicted molar refractivity (Wildman–Crippen MR) is 106 cm³/mol. The van der Waals surface area contributed by atoms with Crippen molar-refractivity contribution < 1.29 is 14.3 Å². The minimum absolute atomic E-state index is 0.0803. The Morgan fingerprint density at radius 2 is 2.00 bits per heavy atom. The van der Waals surface area contributed by atoms with Crippen LogP contribution in [0.2, 0.25) is 0 Å². The van der Waals surface area contributed by atoms with Gasteiger partial charge in [0.15, 0.2) is 0 Å². The molecule has 6 nitrogen and oxygen atoms in total. The van der Waals surface area contributed by atoms with Crippen molar-refractivity contribution in [3.05, 3.63) is 54.1 Å². The number of rotatable bonds is 6. The molecule has 3 rings (SSSR count). The zero-order valence-corrected chi connectivity index (χ0v) is 15.8. The first-order chi connectivity index (χ1) is 13.1. The highest BCUT2D eigenvalue weighted by Crippen LogP contribution is 2.34. The molecule has 0 radical (unpaired) electrons. The molecular formula is C21H25N3O3. The number of nitrogens with one attached hydrogen (secondary N) is 1. The lowest BCUT2D eigenvalue weighted by molar-refractivity contribution is -0.117. The second-order valence-electron chi connectivity index (χ2n) is 6.62. The zero-order valence-electron chi connectivity index (χ0n) is 15.8. The summed E-state index contributed by atoms with van der Waals surface area (Å²) >= 11 is 0. The number of urea groups is 1. The first-order valence-corrected chi connectivity index (χ1v) is 9.13. The minimum Gasteiger partial charge on any atom is -0.495 e. The predicted octanol–water partition coefficient (Wildman–Crippen LogP) is 3.53. The fourth-order valence-corrected chi connectivity index (χ4v) is 3.14. The molecule has 1 saturated heterocycles. The van der Waals surface area contributed by atoms with Crippen LogP contribution < -0.4 is 15.0 Å². The molecule has 1 aliphatic rings. The smallest absolute Gasteiger partial charge is 0.321 e. The van der Waals surface area contributed by atoms with E-state index in [-0.39, 0.29) is 11.9 Å². The molecule has 3 amide bonds. The van der Waals surface area contributed by atoms with E-state index in [0.29, 0.717) is 36.6 Å². The monoisotopic (exact) mass is 367 g/mol. The number of carbonyl (C=O) groups excluding carboxylic acids is 2. The third-order valence-electron chi connectivity index (χ3n) is 4.72. The van der Waals surface area contributed by atoms with E-state index in [4.69, 9.17) is 4.74 Å². The minimum atomic E-state index is -0.185. The van der Waals surface area contributed by atoms with Gasteiger partial charge in [0, 0.05) is 32.2 Å². The number of hydrogen-bond acceptors (Lipinski definition) is 3. The second kappa shape index (κ2) is 8.58. The van der Waals surface area contributed by atoms with Crippen LogP contribution in [0.4, 0.5) is 16.2 Å². The maximum atomic E-state index is 12.5. The Bertz CT molecular complexity index is 808. The van der Waals surface area contributed by atoms with Gasteiger partial charge in [0.1, 0.15) is 5.75 Å². The fourth-order valence-electron chi connectivity index (χ4n) is 3.14. The molecule has 0 aliphatic carbocycles. The highest BCUT2D eigenvalue weighted by molar-refractivity contribution is 5.98. The van der Waals surface area contributed by atoms with E-state index in [1.807, 2.05) is 18.2 Å². The van der Waals surface area contributed by atoms with Gasteiger partial charge in [-0.3, -0.25) is 4.79 Å². The molecule has 142 valence electrons. The Labute approximate surface area is 159 Å². The highest BCUT2D eigenvalue weighted by Gasteiger charge is 2.25. The van der Waals surface area contributed by atoms with E-state index >= 15 is 0 Å². The topological polar surface area (TPSA) is 61.9 Å². The maximum absolute atomic E-state index is 12.5. The Hall–Kier alpha value is -3.02. The van der Waals surface area contributed by atoms with Crippen LogP contribution in [0.25, 0.3) is 0 Å². The van der Waals surface area contributed by atoms with Crippen molar-refractivity contribution in [2.45, 2.75) is 19.3 Å². The summed E-state index contributed by atoms with van der Waals surface area (Å²) in [6.07, 6.45) is 2.17. The van der Waals surface area contributed by atoms with Gasteiger partial charge in [-0.1, -0.05) is 30.3 Å². The second-order valence-corrected chi connectivity index (χ2v) is 6.62. The zero-order chi connectivity index (χ0) is 19.2. The van der Waals surface area contributed by atoms with Crippen molar-refractivity contribution in [2.75, 3.05) is 37.5 Å². The van der Waals surface area contributed by atoms with Crippen LogP contribution in [0, 0.1) is 0 Å². The van der Waals surface area contributed by atoms with E-state index in [9.17, 15) is 9.59 Å². The van der Waals surface area contributed by atoms with E-state index in [1.165, 1.54) is 5.56 Å². The van der Waals surface area contributed by atoms with Crippen molar-refractivity contribution in [2.24, 2.45) is 0 Å². The summed E-state index contributed by atoms with van der Waals surface area (Å²) in [5.74, 6) is 0.706. The molecule has 1 N–H and O–H groups in total. The van der Waals surface area contributed by atoms with Crippen LogP contribution in [0.5, 0.6) is 5.75 Å². The molecule has 0 spiro atoms. The van der Waals surface area contributed by atoms with E-state index < -0.39 is 0 Å². The molecule has 0 atom stereocenters. The molecule has 1 heterocycles. The van der Waals surface area contributed by atoms with Gasteiger partial charge < -0.3 is 19.9 Å². The van der Waals surface area contributed by atoms with E-state index in [0.717, 1.165) is 12.8 Å². The highest BCUT2D eigenvalue weighted by atomic mass is 16.5. The van der Waals surface area contributed by atoms with Gasteiger partial charge >= 0.3 is 6.03 Å². The number of likely N-dealkylation sites (N-methyl/N-ethyl adjacent to an activating group) is 1. The average molecular weight is 367 g/mol. The number of nitrogens with zero attached hydrogens (tertiary/aromatic N) is 2. The summed E-state index contributed by atoms with van der Waals surface area (Å²) < 4.78 is 5.38. The van der Waals surface area contributed by atoms with Crippen molar-refractivity contribution in [3.63, 3.8) is 0 Å². The third-order valence-corrected chi connectivity index (χ3v) is 4.72. The molecule has 0 unspecified atom stereocenters. The van der Waals surface area contributed by atoms with Crippen LogP contribution >= 0.6 is 0 Å². The van der Waals surface area contributed by atoms with E-state index in [1.54, 1.807) is 42.2 Å². The summed E-state index contributed by atoms with van der Waals surface area (Å²) in [6.45, 7) is 1.28. The number of methoxy groups -OCH3 is 1. The SMILES string of the molecule is COc1ccc(NC(=O)N(C)CCc2ccccc2)cc1N1CCCC1=O. The van der Waals surface area contributed by atoms with Gasteiger partial charge in [-0.15, -0.1) is 0 Å². The third kappa shape index (κ3) is 4.58. The first-order valence-electron chi connectivity index (χ1n) is 9.13. The lowest BCUT2D eigenvalue weighted by atomic mass is 10.1. The standard InChI is InChI=1S/C21H25N3O3/c1-23(14-12-16-7-4-3-5-8-16)21(26)22-17-10-11-19(27-2)18(15-17)24-13-6-9-20(24)25/h3-5,7-8,10-11,15H,6,9,12-14H2,1-2H3,(H,22,26). The van der Waals surface area contributed by atoms with Gasteiger partial charge in [-0.25, -0.2) is 4.79 Å². The quantitative estimate of drug-likeness (QED) is 0.850. The van der Waals surface area contributed by atoms with Crippen LogP contribution in [-0.2, 0) is 11.2 Å². The molecule has 6 heteroatoms. The van der Waals surface area contributed by atoms with Crippen molar-refractivity contribution >= 4 is 23.3 Å². The molecule has 27 heavy (non-hydrogen) atoms. The van der Waals surface area contributed by atoms with Crippen molar-refractivity contribution in [1.82, 2.24) is 4.90 Å². The van der Waals surface area contributed by atoms with Crippen molar-refractivity contribution in [1.29, 1.82) is 0 Å². The Morgan fingerprint density at radius 3 is 2.67 bits per heavy atom. The maximum Gasteiger partial charge on any atom is 0.321 e. The summed E-state index contributed by atoms with van der Waals surface area (Å²) in [4.78, 5) is 27.9. The van der Waals surface area contributed by atoms with Gasteiger partial charge in [-0.05, 0) is 36.6 Å². The summed E-state index contributed by atoms with van der Waals surface area (Å²) in [6, 6.07) is 15.2. The molecule has 0 saturated carbocycles. The molecule has 2 aromatic carbocycles. The van der Waals surface area contributed by atoms with Crippen LogP contribution in [0.1, 0.15) is 18.4 Å². The number of ether oxygens (including phenoxy) is 1. The Kier molecular flexibility index (Phi) is 5.96. The Morgan fingerprint density at radius 1 is 1.22 bits per heavy atom. The lowest BCUT2D eigenvalue weighted by Crippen LogP contribution is -2.33. The van der Waals surface area contributed by atoms with E-state index in [2.05, 4.69) is 17.4 Å². The molecule has 0 aromatic heterocycles. The van der Waals surface area contributed by atoms with Gasteiger partial charge in [0.2, 0.25) is 5.91 Å². The van der Waals surface area contributed by atoms with Crippen LogP contribution in [0.15, 0.2) is 48.5 Å². The largest absolute Gasteiger partial charge is 0.495 e. The summed E-state index contributed by atoms with van der Waals surface area (Å²) in [7, 11) is 3.35. The molecular weight excluding hydrogens is 342 g/mol. The molecule has 2 aromatic rings. The number of anilines is 2. The Balaban J connectivity index is 1.65. The number of carbonyl (C=O) groups is 2. The summed E-state index contributed by atoms with van der Waals surface area (Å²) in [5.41, 5.74) is 2.53. The lowest BCUT2D eigenvalue weighted by Gasteiger charge is -2.21. The first kappa shape index (κ1) is 18.8. The van der Waals surface area contributed by atoms with Crippen LogP contribution in [-0.4, -0.2) is 44.1 Å². The number of benzene rings is 2.